The third-order valence-electron chi connectivity index (χ3n) is 4.21. The molecular weight excluding hydrogens is 294 g/mol. The number of esters is 1. The summed E-state index contributed by atoms with van der Waals surface area (Å²) < 4.78 is 10.1. The smallest absolute Gasteiger partial charge is 0.344 e. The molecule has 1 aromatic heterocycles. The van der Waals surface area contributed by atoms with Gasteiger partial charge in [-0.3, -0.25) is 4.79 Å². The number of hydrogen-bond donors (Lipinski definition) is 0. The van der Waals surface area contributed by atoms with Crippen LogP contribution in [0.2, 0.25) is 0 Å². The van der Waals surface area contributed by atoms with Crippen LogP contribution in [0, 0.1) is 41.5 Å². The number of benzene rings is 1. The number of aromatic nitrogens is 1. The lowest BCUT2D eigenvalue weighted by atomic mass is 9.92. The predicted octanol–water partition coefficient (Wildman–Crippen LogP) is 3.56. The highest BCUT2D eigenvalue weighted by Gasteiger charge is 2.22. The second-order valence-electron chi connectivity index (χ2n) is 5.83. The summed E-state index contributed by atoms with van der Waals surface area (Å²) in [4.78, 5) is 24.6. The number of ketones is 1. The van der Waals surface area contributed by atoms with Crippen LogP contribution in [0.1, 0.15) is 54.4 Å². The zero-order valence-corrected chi connectivity index (χ0v) is 14.4. The lowest BCUT2D eigenvalue weighted by Gasteiger charge is -2.14. The van der Waals surface area contributed by atoms with E-state index in [9.17, 15) is 9.59 Å². The summed E-state index contributed by atoms with van der Waals surface area (Å²) in [7, 11) is 0. The zero-order valence-electron chi connectivity index (χ0n) is 14.4. The van der Waals surface area contributed by atoms with Gasteiger partial charge in [0.05, 0.1) is 5.69 Å². The first-order chi connectivity index (χ1) is 10.7. The van der Waals surface area contributed by atoms with Gasteiger partial charge in [0.25, 0.3) is 0 Å². The van der Waals surface area contributed by atoms with E-state index in [4.69, 9.17) is 9.26 Å². The first kappa shape index (κ1) is 16.9. The lowest BCUT2D eigenvalue weighted by molar-refractivity contribution is 0.0472. The van der Waals surface area contributed by atoms with Gasteiger partial charge in [-0.25, -0.2) is 4.79 Å². The van der Waals surface area contributed by atoms with Crippen LogP contribution in [0.3, 0.4) is 0 Å². The Morgan fingerprint density at radius 1 is 1.00 bits per heavy atom. The van der Waals surface area contributed by atoms with Crippen LogP contribution in [-0.4, -0.2) is 23.5 Å². The SMILES string of the molecule is Cc1cc(C)c(C(=O)COC(=O)c2c(C)noc2C)c(C)c1C. The van der Waals surface area contributed by atoms with E-state index in [1.165, 1.54) is 0 Å². The Hall–Kier alpha value is -2.43. The number of ether oxygens (including phenoxy) is 1. The van der Waals surface area contributed by atoms with Gasteiger partial charge in [0.2, 0.25) is 5.78 Å². The molecule has 5 heteroatoms. The Bertz CT molecular complexity index is 767. The molecule has 0 aliphatic heterocycles. The predicted molar refractivity (Wildman–Crippen MR) is 86.0 cm³/mol. The van der Waals surface area contributed by atoms with E-state index in [0.717, 1.165) is 22.3 Å². The van der Waals surface area contributed by atoms with Gasteiger partial charge in [0.15, 0.2) is 6.61 Å². The summed E-state index contributed by atoms with van der Waals surface area (Å²) in [6.07, 6.45) is 0. The summed E-state index contributed by atoms with van der Waals surface area (Å²) >= 11 is 0. The van der Waals surface area contributed by atoms with Crippen molar-refractivity contribution in [1.82, 2.24) is 5.16 Å². The van der Waals surface area contributed by atoms with E-state index in [1.807, 2.05) is 33.8 Å². The van der Waals surface area contributed by atoms with Gasteiger partial charge in [-0.2, -0.15) is 0 Å². The molecule has 0 radical (unpaired) electrons. The summed E-state index contributed by atoms with van der Waals surface area (Å²) in [5, 5.41) is 3.71. The first-order valence-corrected chi connectivity index (χ1v) is 7.44. The molecule has 0 unspecified atom stereocenters. The average Bonchev–Trinajstić information content (AvgIpc) is 2.81. The third-order valence-corrected chi connectivity index (χ3v) is 4.21. The Kier molecular flexibility index (Phi) is 4.68. The Morgan fingerprint density at radius 3 is 2.22 bits per heavy atom. The number of hydrogen-bond acceptors (Lipinski definition) is 5. The molecule has 0 N–H and O–H groups in total. The molecule has 0 atom stereocenters. The van der Waals surface area contributed by atoms with Gasteiger partial charge in [-0.05, 0) is 63.8 Å². The van der Waals surface area contributed by atoms with E-state index in [1.54, 1.807) is 13.8 Å². The van der Waals surface area contributed by atoms with Crippen molar-refractivity contribution in [1.29, 1.82) is 0 Å². The molecule has 1 heterocycles. The van der Waals surface area contributed by atoms with Crippen LogP contribution in [0.4, 0.5) is 0 Å². The summed E-state index contributed by atoms with van der Waals surface area (Å²) in [5.41, 5.74) is 5.41. The molecule has 0 amide bonds. The van der Waals surface area contributed by atoms with Crippen molar-refractivity contribution < 1.29 is 18.8 Å². The van der Waals surface area contributed by atoms with Crippen LogP contribution in [0.25, 0.3) is 0 Å². The Balaban J connectivity index is 2.18. The number of nitrogens with zero attached hydrogens (tertiary/aromatic N) is 1. The highest BCUT2D eigenvalue weighted by Crippen LogP contribution is 2.22. The summed E-state index contributed by atoms with van der Waals surface area (Å²) in [5.74, 6) is -0.407. The number of Topliss-reactive ketones (excluding diaryl/α,β-unsaturated/α-hetero) is 1. The van der Waals surface area contributed by atoms with Crippen LogP contribution in [-0.2, 0) is 4.74 Å². The fourth-order valence-corrected chi connectivity index (χ4v) is 2.76. The molecule has 1 aromatic carbocycles. The molecule has 23 heavy (non-hydrogen) atoms. The molecule has 0 aliphatic rings. The van der Waals surface area contributed by atoms with Crippen LogP contribution in [0.5, 0.6) is 0 Å². The van der Waals surface area contributed by atoms with Gasteiger partial charge < -0.3 is 9.26 Å². The highest BCUT2D eigenvalue weighted by molar-refractivity contribution is 6.02. The summed E-state index contributed by atoms with van der Waals surface area (Å²) in [6, 6.07) is 1.98. The third kappa shape index (κ3) is 3.18. The van der Waals surface area contributed by atoms with Gasteiger partial charge in [-0.15, -0.1) is 0 Å². The standard InChI is InChI=1S/C18H21NO4/c1-9-7-10(2)16(12(4)11(9)3)15(20)8-22-18(21)17-13(5)19-23-14(17)6/h7H,8H2,1-6H3. The molecule has 122 valence electrons. The molecule has 0 bridgehead atoms. The second kappa shape index (κ2) is 6.36. The number of rotatable bonds is 4. The largest absolute Gasteiger partial charge is 0.454 e. The normalized spacial score (nSPS) is 10.7. The van der Waals surface area contributed by atoms with E-state index >= 15 is 0 Å². The van der Waals surface area contributed by atoms with Gasteiger partial charge in [0.1, 0.15) is 11.3 Å². The number of aryl methyl sites for hydroxylation is 4. The van der Waals surface area contributed by atoms with Crippen molar-refractivity contribution in [2.45, 2.75) is 41.5 Å². The van der Waals surface area contributed by atoms with Crippen molar-refractivity contribution in [2.24, 2.45) is 0 Å². The lowest BCUT2D eigenvalue weighted by Crippen LogP contribution is -2.17. The zero-order chi connectivity index (χ0) is 17.3. The van der Waals surface area contributed by atoms with Crippen molar-refractivity contribution in [3.05, 3.63) is 50.9 Å². The van der Waals surface area contributed by atoms with Crippen molar-refractivity contribution in [2.75, 3.05) is 6.61 Å². The quantitative estimate of drug-likeness (QED) is 0.637. The minimum Gasteiger partial charge on any atom is -0.454 e. The maximum absolute atomic E-state index is 12.5. The number of carbonyl (C=O) groups excluding carboxylic acids is 2. The van der Waals surface area contributed by atoms with Gasteiger partial charge in [0, 0.05) is 5.56 Å². The first-order valence-electron chi connectivity index (χ1n) is 7.44. The van der Waals surface area contributed by atoms with Gasteiger partial charge in [-0.1, -0.05) is 11.2 Å². The fourth-order valence-electron chi connectivity index (χ4n) is 2.76. The van der Waals surface area contributed by atoms with Crippen LogP contribution >= 0.6 is 0 Å². The van der Waals surface area contributed by atoms with Crippen LogP contribution < -0.4 is 0 Å². The van der Waals surface area contributed by atoms with Gasteiger partial charge >= 0.3 is 5.97 Å². The molecule has 0 spiro atoms. The molecule has 2 aromatic rings. The highest BCUT2D eigenvalue weighted by atomic mass is 16.5. The van der Waals surface area contributed by atoms with Crippen molar-refractivity contribution >= 4 is 11.8 Å². The molecule has 5 nitrogen and oxygen atoms in total. The Labute approximate surface area is 135 Å². The molecule has 0 saturated heterocycles. The van der Waals surface area contributed by atoms with E-state index < -0.39 is 5.97 Å². The second-order valence-corrected chi connectivity index (χ2v) is 5.83. The monoisotopic (exact) mass is 315 g/mol. The molecular formula is C18H21NO4. The van der Waals surface area contributed by atoms with Crippen molar-refractivity contribution in [3.63, 3.8) is 0 Å². The topological polar surface area (TPSA) is 69.4 Å². The van der Waals surface area contributed by atoms with E-state index in [-0.39, 0.29) is 18.0 Å². The fraction of sp³-hybridized carbons (Fsp3) is 0.389. The van der Waals surface area contributed by atoms with E-state index in [2.05, 4.69) is 5.16 Å². The molecule has 0 saturated carbocycles. The maximum atomic E-state index is 12.5. The van der Waals surface area contributed by atoms with Crippen molar-refractivity contribution in [3.8, 4) is 0 Å². The maximum Gasteiger partial charge on any atom is 0.344 e. The number of carbonyl (C=O) groups is 2. The van der Waals surface area contributed by atoms with E-state index in [0.29, 0.717) is 17.0 Å². The minimum absolute atomic E-state index is 0.205. The molecule has 0 aliphatic carbocycles. The minimum atomic E-state index is -0.589. The molecule has 2 rings (SSSR count). The summed E-state index contributed by atoms with van der Waals surface area (Å²) in [6.45, 7) is 10.8. The van der Waals surface area contributed by atoms with Crippen LogP contribution in [0.15, 0.2) is 10.6 Å². The average molecular weight is 315 g/mol. The molecule has 0 fully saturated rings. The Morgan fingerprint density at radius 2 is 1.65 bits per heavy atom.